The third kappa shape index (κ3) is 3.58. The number of carboxylic acid groups (broad SMARTS) is 1. The Bertz CT molecular complexity index is 429. The van der Waals surface area contributed by atoms with Crippen LogP contribution in [-0.2, 0) is 4.79 Å². The molecule has 1 rings (SSSR count). The quantitative estimate of drug-likeness (QED) is 0.826. The molecule has 94 valence electrons. The minimum Gasteiger partial charge on any atom is -0.481 e. The lowest BCUT2D eigenvalue weighted by Crippen LogP contribution is -2.45. The van der Waals surface area contributed by atoms with Crippen molar-refractivity contribution in [2.45, 2.75) is 39.7 Å². The highest BCUT2D eigenvalue weighted by Gasteiger charge is 2.26. The second-order valence-corrected chi connectivity index (χ2v) is 4.57. The van der Waals surface area contributed by atoms with Crippen LogP contribution in [0.15, 0.2) is 4.42 Å². The molecule has 6 nitrogen and oxygen atoms in total. The van der Waals surface area contributed by atoms with Crippen molar-refractivity contribution >= 4 is 11.9 Å². The van der Waals surface area contributed by atoms with Gasteiger partial charge in [0.15, 0.2) is 0 Å². The lowest BCUT2D eigenvalue weighted by Gasteiger charge is -2.23. The van der Waals surface area contributed by atoms with Crippen molar-refractivity contribution < 1.29 is 19.1 Å². The number of carbonyl (C=O) groups excluding carboxylic acids is 1. The summed E-state index contributed by atoms with van der Waals surface area (Å²) in [4.78, 5) is 26.3. The van der Waals surface area contributed by atoms with E-state index in [1.165, 1.54) is 0 Å². The highest BCUT2D eigenvalue weighted by molar-refractivity contribution is 5.90. The van der Waals surface area contributed by atoms with Crippen molar-refractivity contribution in [1.82, 2.24) is 10.3 Å². The maximum atomic E-state index is 11.7. The molecule has 1 aromatic rings. The summed E-state index contributed by atoms with van der Waals surface area (Å²) >= 11 is 0. The van der Waals surface area contributed by atoms with Crippen molar-refractivity contribution in [1.29, 1.82) is 0 Å². The number of rotatable bonds is 4. The van der Waals surface area contributed by atoms with Gasteiger partial charge in [0, 0.05) is 5.54 Å². The molecule has 1 heterocycles. The Balaban J connectivity index is 2.75. The molecule has 0 aliphatic rings. The molecule has 1 amide bonds. The average Bonchev–Trinajstić information content (AvgIpc) is 2.43. The summed E-state index contributed by atoms with van der Waals surface area (Å²) in [6, 6.07) is 0. The summed E-state index contributed by atoms with van der Waals surface area (Å²) in [5, 5.41) is 11.3. The molecule has 0 saturated carbocycles. The van der Waals surface area contributed by atoms with Crippen LogP contribution in [-0.4, -0.2) is 27.5 Å². The topological polar surface area (TPSA) is 92.4 Å². The molecule has 6 heteroatoms. The van der Waals surface area contributed by atoms with Crippen LogP contribution in [0.4, 0.5) is 0 Å². The van der Waals surface area contributed by atoms with E-state index in [4.69, 9.17) is 9.52 Å². The first-order valence-corrected chi connectivity index (χ1v) is 5.19. The first-order valence-electron chi connectivity index (χ1n) is 5.19. The lowest BCUT2D eigenvalue weighted by molar-refractivity contribution is -0.138. The normalized spacial score (nSPS) is 11.3. The van der Waals surface area contributed by atoms with Crippen LogP contribution in [0, 0.1) is 13.8 Å². The Kier molecular flexibility index (Phi) is 3.55. The average molecular weight is 240 g/mol. The third-order valence-corrected chi connectivity index (χ3v) is 2.27. The van der Waals surface area contributed by atoms with E-state index in [-0.39, 0.29) is 12.3 Å². The summed E-state index contributed by atoms with van der Waals surface area (Å²) < 4.78 is 5.16. The summed E-state index contributed by atoms with van der Waals surface area (Å²) in [6.07, 6.45) is -0.169. The first-order chi connectivity index (χ1) is 7.71. The smallest absolute Gasteiger partial charge is 0.307 e. The Morgan fingerprint density at radius 1 is 1.41 bits per heavy atom. The molecule has 0 spiro atoms. The van der Waals surface area contributed by atoms with Crippen LogP contribution >= 0.6 is 0 Å². The molecular formula is C11H16N2O4. The monoisotopic (exact) mass is 240 g/mol. The Morgan fingerprint density at radius 2 is 2.00 bits per heavy atom. The van der Waals surface area contributed by atoms with Crippen LogP contribution in [0.3, 0.4) is 0 Å². The highest BCUT2D eigenvalue weighted by atomic mass is 16.4. The van der Waals surface area contributed by atoms with Crippen molar-refractivity contribution in [2.24, 2.45) is 0 Å². The predicted octanol–water partition coefficient (Wildman–Crippen LogP) is 1.27. The number of hydrogen-bond donors (Lipinski definition) is 2. The minimum atomic E-state index is -0.977. The van der Waals surface area contributed by atoms with Gasteiger partial charge in [0.25, 0.3) is 5.89 Å². The summed E-state index contributed by atoms with van der Waals surface area (Å²) in [5.41, 5.74) is -0.203. The van der Waals surface area contributed by atoms with E-state index in [9.17, 15) is 9.59 Å². The molecule has 0 unspecified atom stereocenters. The van der Waals surface area contributed by atoms with E-state index in [1.54, 1.807) is 27.7 Å². The summed E-state index contributed by atoms with van der Waals surface area (Å²) in [6.45, 7) is 6.70. The van der Waals surface area contributed by atoms with Crippen molar-refractivity contribution in [3.8, 4) is 0 Å². The van der Waals surface area contributed by atoms with Gasteiger partial charge in [-0.15, -0.1) is 0 Å². The third-order valence-electron chi connectivity index (χ3n) is 2.27. The van der Waals surface area contributed by atoms with E-state index >= 15 is 0 Å². The number of oxazole rings is 1. The molecule has 0 atom stereocenters. The fourth-order valence-electron chi connectivity index (χ4n) is 1.35. The van der Waals surface area contributed by atoms with E-state index in [0.29, 0.717) is 11.5 Å². The summed E-state index contributed by atoms with van der Waals surface area (Å²) in [7, 11) is 0. The van der Waals surface area contributed by atoms with Gasteiger partial charge in [-0.2, -0.15) is 0 Å². The number of carbonyl (C=O) groups is 2. The molecule has 0 saturated heterocycles. The fraction of sp³-hybridized carbons (Fsp3) is 0.545. The molecule has 0 aliphatic carbocycles. The SMILES string of the molecule is Cc1nc(C(=O)NC(C)(C)CC(=O)O)oc1C. The first kappa shape index (κ1) is 13.2. The van der Waals surface area contributed by atoms with Crippen LogP contribution in [0.5, 0.6) is 0 Å². The van der Waals surface area contributed by atoms with Gasteiger partial charge < -0.3 is 14.8 Å². The molecular weight excluding hydrogens is 224 g/mol. The molecule has 1 aromatic heterocycles. The summed E-state index contributed by atoms with van der Waals surface area (Å²) in [5.74, 6) is -0.952. The maximum Gasteiger partial charge on any atom is 0.307 e. The number of carboxylic acids is 1. The standard InChI is InChI=1S/C11H16N2O4/c1-6-7(2)17-10(12-6)9(16)13-11(3,4)5-8(14)15/h5H2,1-4H3,(H,13,16)(H,14,15). The van der Waals surface area contributed by atoms with Gasteiger partial charge >= 0.3 is 11.9 Å². The number of aryl methyl sites for hydroxylation is 2. The number of aromatic nitrogens is 1. The van der Waals surface area contributed by atoms with Crippen molar-refractivity contribution in [3.05, 3.63) is 17.3 Å². The van der Waals surface area contributed by atoms with E-state index < -0.39 is 17.4 Å². The van der Waals surface area contributed by atoms with Gasteiger partial charge in [-0.3, -0.25) is 9.59 Å². The van der Waals surface area contributed by atoms with Crippen LogP contribution in [0.1, 0.15) is 42.4 Å². The Hall–Kier alpha value is -1.85. The Labute approximate surface area is 99.0 Å². The van der Waals surface area contributed by atoms with Crippen LogP contribution in [0.2, 0.25) is 0 Å². The number of amides is 1. The minimum absolute atomic E-state index is 0.0431. The second kappa shape index (κ2) is 4.57. The van der Waals surface area contributed by atoms with E-state index in [2.05, 4.69) is 10.3 Å². The van der Waals surface area contributed by atoms with Gasteiger partial charge in [0.1, 0.15) is 5.76 Å². The molecule has 0 bridgehead atoms. The number of nitrogens with zero attached hydrogens (tertiary/aromatic N) is 1. The molecule has 2 N–H and O–H groups in total. The van der Waals surface area contributed by atoms with E-state index in [1.807, 2.05) is 0 Å². The zero-order valence-corrected chi connectivity index (χ0v) is 10.3. The van der Waals surface area contributed by atoms with Gasteiger partial charge in [-0.25, -0.2) is 4.98 Å². The van der Waals surface area contributed by atoms with Crippen molar-refractivity contribution in [3.63, 3.8) is 0 Å². The molecule has 0 aromatic carbocycles. The predicted molar refractivity (Wildman–Crippen MR) is 59.8 cm³/mol. The van der Waals surface area contributed by atoms with Crippen LogP contribution in [0.25, 0.3) is 0 Å². The highest BCUT2D eigenvalue weighted by Crippen LogP contribution is 2.12. The van der Waals surface area contributed by atoms with Gasteiger partial charge in [-0.05, 0) is 27.7 Å². The molecule has 0 radical (unpaired) electrons. The second-order valence-electron chi connectivity index (χ2n) is 4.57. The number of aliphatic carboxylic acids is 1. The molecule has 0 fully saturated rings. The van der Waals surface area contributed by atoms with Crippen LogP contribution < -0.4 is 5.32 Å². The van der Waals surface area contributed by atoms with Gasteiger partial charge in [-0.1, -0.05) is 0 Å². The number of nitrogens with one attached hydrogen (secondary N) is 1. The van der Waals surface area contributed by atoms with Crippen molar-refractivity contribution in [2.75, 3.05) is 0 Å². The maximum absolute atomic E-state index is 11.7. The zero-order chi connectivity index (χ0) is 13.2. The molecule has 17 heavy (non-hydrogen) atoms. The largest absolute Gasteiger partial charge is 0.481 e. The van der Waals surface area contributed by atoms with E-state index in [0.717, 1.165) is 0 Å². The zero-order valence-electron chi connectivity index (χ0n) is 10.3. The van der Waals surface area contributed by atoms with Gasteiger partial charge in [0.05, 0.1) is 12.1 Å². The fourth-order valence-corrected chi connectivity index (χ4v) is 1.35. The van der Waals surface area contributed by atoms with Gasteiger partial charge in [0.2, 0.25) is 0 Å². The number of hydrogen-bond acceptors (Lipinski definition) is 4. The molecule has 0 aliphatic heterocycles. The lowest BCUT2D eigenvalue weighted by atomic mass is 10.0. The Morgan fingerprint density at radius 3 is 2.41 bits per heavy atom.